The van der Waals surface area contributed by atoms with Crippen LogP contribution in [0.15, 0.2) is 23.1 Å². The van der Waals surface area contributed by atoms with Gasteiger partial charge in [0.05, 0.1) is 0 Å². The van der Waals surface area contributed by atoms with Crippen molar-refractivity contribution in [2.45, 2.75) is 39.1 Å². The molecule has 0 aliphatic heterocycles. The lowest BCUT2D eigenvalue weighted by Crippen LogP contribution is -2.34. The molecule has 21 heavy (non-hydrogen) atoms. The third-order valence-electron chi connectivity index (χ3n) is 3.74. The van der Waals surface area contributed by atoms with E-state index >= 15 is 0 Å². The zero-order valence-corrected chi connectivity index (χ0v) is 13.9. The van der Waals surface area contributed by atoms with Gasteiger partial charge in [-0.15, -0.1) is 0 Å². The zero-order chi connectivity index (χ0) is 16.2. The van der Waals surface area contributed by atoms with Crippen LogP contribution in [0.2, 0.25) is 0 Å². The molecule has 1 aromatic carbocycles. The highest BCUT2D eigenvalue weighted by Gasteiger charge is 2.23. The summed E-state index contributed by atoms with van der Waals surface area (Å²) in [5.74, 6) is 0.122. The highest BCUT2D eigenvalue weighted by atomic mass is 32.2. The summed E-state index contributed by atoms with van der Waals surface area (Å²) < 4.78 is 40.9. The highest BCUT2D eigenvalue weighted by Crippen LogP contribution is 2.21. The number of nitrogens with one attached hydrogen (secondary N) is 1. The molecule has 0 aromatic heterocycles. The predicted molar refractivity (Wildman–Crippen MR) is 82.6 cm³/mol. The Labute approximate surface area is 127 Å². The van der Waals surface area contributed by atoms with E-state index in [0.717, 1.165) is 6.07 Å². The Morgan fingerprint density at radius 1 is 1.19 bits per heavy atom. The summed E-state index contributed by atoms with van der Waals surface area (Å²) in [4.78, 5) is -0.328. The molecular weight excluding hydrogens is 291 g/mol. The molecule has 0 saturated carbocycles. The maximum Gasteiger partial charge on any atom is 0.243 e. The molecule has 4 nitrogen and oxygen atoms in total. The van der Waals surface area contributed by atoms with E-state index in [1.54, 1.807) is 0 Å². The van der Waals surface area contributed by atoms with Crippen LogP contribution in [0.4, 0.5) is 4.39 Å². The van der Waals surface area contributed by atoms with Gasteiger partial charge >= 0.3 is 0 Å². The molecular formula is C15H25FN2O2S. The molecule has 0 aliphatic carbocycles. The van der Waals surface area contributed by atoms with E-state index in [0.29, 0.717) is 23.9 Å². The van der Waals surface area contributed by atoms with Crippen LogP contribution in [0, 0.1) is 23.6 Å². The Morgan fingerprint density at radius 3 is 2.19 bits per heavy atom. The van der Waals surface area contributed by atoms with Gasteiger partial charge in [-0.2, -0.15) is 0 Å². The van der Waals surface area contributed by atoms with Gasteiger partial charge in [0, 0.05) is 13.1 Å². The van der Waals surface area contributed by atoms with Crippen LogP contribution >= 0.6 is 0 Å². The molecule has 0 radical (unpaired) electrons. The maximum absolute atomic E-state index is 13.9. The second kappa shape index (κ2) is 7.33. The minimum absolute atomic E-state index is 0.174. The van der Waals surface area contributed by atoms with E-state index in [-0.39, 0.29) is 17.4 Å². The molecule has 0 unspecified atom stereocenters. The Bertz CT molecular complexity index is 563. The summed E-state index contributed by atoms with van der Waals surface area (Å²) in [6.45, 7) is 8.68. The fourth-order valence-electron chi connectivity index (χ4n) is 2.41. The molecule has 0 amide bonds. The number of halogens is 1. The molecule has 3 N–H and O–H groups in total. The lowest BCUT2D eigenvalue weighted by Gasteiger charge is -2.25. The predicted octanol–water partition coefficient (Wildman–Crippen LogP) is 2.49. The number of sulfonamides is 1. The molecule has 1 rings (SSSR count). The Hall–Kier alpha value is -0.980. The van der Waals surface area contributed by atoms with E-state index in [1.807, 2.05) is 0 Å². The molecule has 0 fully saturated rings. The largest absolute Gasteiger partial charge is 0.326 e. The van der Waals surface area contributed by atoms with Crippen molar-refractivity contribution in [2.24, 2.45) is 23.5 Å². The summed E-state index contributed by atoms with van der Waals surface area (Å²) in [5, 5.41) is 0. The lowest BCUT2D eigenvalue weighted by atomic mass is 9.86. The molecule has 0 aliphatic rings. The molecule has 0 heterocycles. The fraction of sp³-hybridized carbons (Fsp3) is 0.600. The van der Waals surface area contributed by atoms with E-state index in [2.05, 4.69) is 32.4 Å². The third-order valence-corrected chi connectivity index (χ3v) is 5.20. The van der Waals surface area contributed by atoms with Gasteiger partial charge in [-0.05, 0) is 35.4 Å². The first-order valence-electron chi connectivity index (χ1n) is 7.17. The second-order valence-corrected chi connectivity index (χ2v) is 7.71. The van der Waals surface area contributed by atoms with E-state index < -0.39 is 15.8 Å². The van der Waals surface area contributed by atoms with Gasteiger partial charge in [-0.3, -0.25) is 0 Å². The quantitative estimate of drug-likeness (QED) is 0.812. The fourth-order valence-corrected chi connectivity index (χ4v) is 3.54. The van der Waals surface area contributed by atoms with Crippen LogP contribution in [-0.2, 0) is 16.6 Å². The number of rotatable bonds is 7. The van der Waals surface area contributed by atoms with Crippen molar-refractivity contribution < 1.29 is 12.8 Å². The summed E-state index contributed by atoms with van der Waals surface area (Å²) in [5.41, 5.74) is 5.97. The van der Waals surface area contributed by atoms with E-state index in [4.69, 9.17) is 5.73 Å². The van der Waals surface area contributed by atoms with Gasteiger partial charge in [0.25, 0.3) is 0 Å². The zero-order valence-electron chi connectivity index (χ0n) is 13.1. The van der Waals surface area contributed by atoms with Gasteiger partial charge in [0.1, 0.15) is 10.7 Å². The summed E-state index contributed by atoms with van der Waals surface area (Å²) in [6, 6.07) is 3.95. The molecule has 0 spiro atoms. The average Bonchev–Trinajstić information content (AvgIpc) is 2.37. The highest BCUT2D eigenvalue weighted by molar-refractivity contribution is 7.89. The topological polar surface area (TPSA) is 72.2 Å². The van der Waals surface area contributed by atoms with Crippen LogP contribution in [-0.4, -0.2) is 15.0 Å². The van der Waals surface area contributed by atoms with Gasteiger partial charge in [0.15, 0.2) is 0 Å². The van der Waals surface area contributed by atoms with Crippen molar-refractivity contribution in [2.75, 3.05) is 6.54 Å². The van der Waals surface area contributed by atoms with Crippen molar-refractivity contribution in [3.8, 4) is 0 Å². The van der Waals surface area contributed by atoms with Crippen LogP contribution in [0.5, 0.6) is 0 Å². The molecule has 120 valence electrons. The van der Waals surface area contributed by atoms with Gasteiger partial charge in [-0.25, -0.2) is 17.5 Å². The number of hydrogen-bond acceptors (Lipinski definition) is 3. The van der Waals surface area contributed by atoms with E-state index in [1.165, 1.54) is 12.1 Å². The van der Waals surface area contributed by atoms with Crippen molar-refractivity contribution in [1.29, 1.82) is 0 Å². The normalized spacial score (nSPS) is 12.6. The maximum atomic E-state index is 13.9. The van der Waals surface area contributed by atoms with Gasteiger partial charge in [0.2, 0.25) is 10.0 Å². The minimum atomic E-state index is -3.84. The van der Waals surface area contributed by atoms with Crippen molar-refractivity contribution >= 4 is 10.0 Å². The average molecular weight is 316 g/mol. The summed E-state index contributed by atoms with van der Waals surface area (Å²) >= 11 is 0. The van der Waals surface area contributed by atoms with Crippen LogP contribution in [0.1, 0.15) is 33.3 Å². The number of hydrogen-bond donors (Lipinski definition) is 2. The first kappa shape index (κ1) is 18.1. The number of nitrogens with two attached hydrogens (primary N) is 1. The first-order chi connectivity index (χ1) is 9.69. The minimum Gasteiger partial charge on any atom is -0.326 e. The summed E-state index contributed by atoms with van der Waals surface area (Å²) in [6.07, 6.45) is 0. The van der Waals surface area contributed by atoms with Crippen molar-refractivity contribution in [3.63, 3.8) is 0 Å². The molecule has 0 atom stereocenters. The molecule has 6 heteroatoms. The molecule has 1 aromatic rings. The molecule has 0 bridgehead atoms. The Morgan fingerprint density at radius 2 is 1.76 bits per heavy atom. The lowest BCUT2D eigenvalue weighted by molar-refractivity contribution is 0.289. The monoisotopic (exact) mass is 316 g/mol. The van der Waals surface area contributed by atoms with Crippen LogP contribution in [0.3, 0.4) is 0 Å². The van der Waals surface area contributed by atoms with Gasteiger partial charge in [-0.1, -0.05) is 33.8 Å². The van der Waals surface area contributed by atoms with Gasteiger partial charge < -0.3 is 5.73 Å². The number of benzene rings is 1. The Kier molecular flexibility index (Phi) is 6.31. The van der Waals surface area contributed by atoms with Crippen molar-refractivity contribution in [3.05, 3.63) is 29.6 Å². The third kappa shape index (κ3) is 4.76. The van der Waals surface area contributed by atoms with Crippen LogP contribution < -0.4 is 10.5 Å². The Balaban J connectivity index is 2.92. The van der Waals surface area contributed by atoms with Crippen molar-refractivity contribution in [1.82, 2.24) is 4.72 Å². The first-order valence-corrected chi connectivity index (χ1v) is 8.65. The molecule has 0 saturated heterocycles. The second-order valence-electron chi connectivity index (χ2n) is 5.97. The summed E-state index contributed by atoms with van der Waals surface area (Å²) in [7, 11) is -3.84. The standard InChI is InChI=1S/C15H25FN2O2S/c1-10(2)13(11(3)4)9-18-21(19,20)15-6-5-12(8-17)7-14(15)16/h5-7,10-11,13,18H,8-9,17H2,1-4H3. The smallest absolute Gasteiger partial charge is 0.243 e. The van der Waals surface area contributed by atoms with Crippen LogP contribution in [0.25, 0.3) is 0 Å². The van der Waals surface area contributed by atoms with E-state index in [9.17, 15) is 12.8 Å². The SMILES string of the molecule is CC(C)C(CNS(=O)(=O)c1ccc(CN)cc1F)C(C)C.